The number of hydrogen-bond acceptors (Lipinski definition) is 4. The van der Waals surface area contributed by atoms with E-state index in [4.69, 9.17) is 9.47 Å². The molecule has 1 N–H and O–H groups in total. The van der Waals surface area contributed by atoms with Gasteiger partial charge in [0.1, 0.15) is 0 Å². The lowest BCUT2D eigenvalue weighted by molar-refractivity contribution is -0.142. The number of ether oxygens (including phenoxy) is 2. The highest BCUT2D eigenvalue weighted by Crippen LogP contribution is 1.92. The van der Waals surface area contributed by atoms with Crippen molar-refractivity contribution >= 4 is 5.97 Å². The molecule has 0 heterocycles. The maximum absolute atomic E-state index is 10.9. The van der Waals surface area contributed by atoms with Crippen LogP contribution in [0, 0.1) is 5.92 Å². The molecule has 0 spiro atoms. The van der Waals surface area contributed by atoms with E-state index in [1.807, 2.05) is 0 Å². The summed E-state index contributed by atoms with van der Waals surface area (Å²) in [4.78, 5) is 10.9. The van der Waals surface area contributed by atoms with Gasteiger partial charge in [-0.25, -0.2) is 0 Å². The van der Waals surface area contributed by atoms with E-state index in [9.17, 15) is 4.79 Å². The fourth-order valence-corrected chi connectivity index (χ4v) is 1.02. The Labute approximate surface area is 92.3 Å². The van der Waals surface area contributed by atoms with Gasteiger partial charge in [-0.3, -0.25) is 4.79 Å². The summed E-state index contributed by atoms with van der Waals surface area (Å²) in [6.45, 7) is 9.12. The van der Waals surface area contributed by atoms with Crippen LogP contribution in [-0.4, -0.2) is 38.9 Å². The van der Waals surface area contributed by atoms with Crippen molar-refractivity contribution in [1.82, 2.24) is 5.32 Å². The first-order valence-corrected chi connectivity index (χ1v) is 5.60. The second kappa shape index (κ2) is 9.93. The number of nitrogens with one attached hydrogen (secondary N) is 1. The fourth-order valence-electron chi connectivity index (χ4n) is 1.02. The van der Waals surface area contributed by atoms with Gasteiger partial charge in [0, 0.05) is 13.2 Å². The summed E-state index contributed by atoms with van der Waals surface area (Å²) in [5, 5.41) is 3.00. The predicted octanol–water partition coefficient (Wildman–Crippen LogP) is 1.20. The summed E-state index contributed by atoms with van der Waals surface area (Å²) in [5.41, 5.74) is 0. The Kier molecular flexibility index (Phi) is 9.52. The smallest absolute Gasteiger partial charge is 0.319 e. The molecule has 90 valence electrons. The molecule has 0 saturated carbocycles. The van der Waals surface area contributed by atoms with Gasteiger partial charge in [0.05, 0.1) is 13.2 Å². The maximum Gasteiger partial charge on any atom is 0.319 e. The third-order valence-electron chi connectivity index (χ3n) is 1.67. The first-order chi connectivity index (χ1) is 7.16. The molecule has 15 heavy (non-hydrogen) atoms. The standard InChI is InChI=1S/C11H23NO3/c1-4-15-11(13)8-12-6-5-7-14-9-10(2)3/h10,12H,4-9H2,1-3H3. The number of esters is 1. The average molecular weight is 217 g/mol. The van der Waals surface area contributed by atoms with Crippen LogP contribution in [0.25, 0.3) is 0 Å². The third-order valence-corrected chi connectivity index (χ3v) is 1.67. The molecule has 0 rings (SSSR count). The second-order valence-corrected chi connectivity index (χ2v) is 3.80. The minimum Gasteiger partial charge on any atom is -0.465 e. The molecule has 0 saturated heterocycles. The van der Waals surface area contributed by atoms with Gasteiger partial charge in [-0.05, 0) is 25.8 Å². The monoisotopic (exact) mass is 217 g/mol. The molecule has 0 bridgehead atoms. The van der Waals surface area contributed by atoms with Gasteiger partial charge in [0.15, 0.2) is 0 Å². The molecule has 0 radical (unpaired) electrons. The van der Waals surface area contributed by atoms with E-state index in [1.54, 1.807) is 6.92 Å². The number of rotatable bonds is 9. The molecule has 0 amide bonds. The van der Waals surface area contributed by atoms with Crippen molar-refractivity contribution in [3.63, 3.8) is 0 Å². The Morgan fingerprint density at radius 3 is 2.73 bits per heavy atom. The highest BCUT2D eigenvalue weighted by atomic mass is 16.5. The van der Waals surface area contributed by atoms with Crippen LogP contribution in [0.4, 0.5) is 0 Å². The van der Waals surface area contributed by atoms with Gasteiger partial charge in [-0.15, -0.1) is 0 Å². The first-order valence-electron chi connectivity index (χ1n) is 5.60. The second-order valence-electron chi connectivity index (χ2n) is 3.80. The molecule has 0 aliphatic heterocycles. The van der Waals surface area contributed by atoms with Gasteiger partial charge >= 0.3 is 5.97 Å². The van der Waals surface area contributed by atoms with Gasteiger partial charge < -0.3 is 14.8 Å². The summed E-state index contributed by atoms with van der Waals surface area (Å²) in [5.74, 6) is 0.387. The highest BCUT2D eigenvalue weighted by Gasteiger charge is 1.99. The summed E-state index contributed by atoms with van der Waals surface area (Å²) >= 11 is 0. The van der Waals surface area contributed by atoms with Crippen LogP contribution in [0.5, 0.6) is 0 Å². The molecule has 0 aliphatic rings. The van der Waals surface area contributed by atoms with Gasteiger partial charge in [-0.2, -0.15) is 0 Å². The predicted molar refractivity (Wildman–Crippen MR) is 59.8 cm³/mol. The Bertz CT molecular complexity index is 160. The van der Waals surface area contributed by atoms with Gasteiger partial charge in [0.25, 0.3) is 0 Å². The van der Waals surface area contributed by atoms with Crippen molar-refractivity contribution in [2.24, 2.45) is 5.92 Å². The SMILES string of the molecule is CCOC(=O)CNCCCOCC(C)C. The normalized spacial score (nSPS) is 10.7. The Hall–Kier alpha value is -0.610. The zero-order valence-electron chi connectivity index (χ0n) is 10.0. The largest absolute Gasteiger partial charge is 0.465 e. The molecule has 0 aromatic heterocycles. The quantitative estimate of drug-likeness (QED) is 0.466. The van der Waals surface area contributed by atoms with Gasteiger partial charge in [0.2, 0.25) is 0 Å². The molecule has 0 aliphatic carbocycles. The molecule has 0 unspecified atom stereocenters. The average Bonchev–Trinajstić information content (AvgIpc) is 2.16. The molecule has 4 heteroatoms. The van der Waals surface area contributed by atoms with Crippen molar-refractivity contribution in [3.8, 4) is 0 Å². The van der Waals surface area contributed by atoms with E-state index in [0.717, 1.165) is 26.2 Å². The molecule has 0 aromatic carbocycles. The van der Waals surface area contributed by atoms with E-state index in [0.29, 0.717) is 12.5 Å². The van der Waals surface area contributed by atoms with Crippen LogP contribution >= 0.6 is 0 Å². The van der Waals surface area contributed by atoms with Crippen LogP contribution in [0.15, 0.2) is 0 Å². The Balaban J connectivity index is 3.08. The minimum atomic E-state index is -0.194. The van der Waals surface area contributed by atoms with Crippen LogP contribution in [0.1, 0.15) is 27.2 Å². The third kappa shape index (κ3) is 11.3. The Morgan fingerprint density at radius 1 is 1.40 bits per heavy atom. The van der Waals surface area contributed by atoms with Crippen LogP contribution in [0.3, 0.4) is 0 Å². The van der Waals surface area contributed by atoms with Crippen LogP contribution in [-0.2, 0) is 14.3 Å². The maximum atomic E-state index is 10.9. The van der Waals surface area contributed by atoms with Crippen LogP contribution < -0.4 is 5.32 Å². The first kappa shape index (κ1) is 14.4. The zero-order chi connectivity index (χ0) is 11.5. The molecule has 0 fully saturated rings. The summed E-state index contributed by atoms with van der Waals surface area (Å²) in [6, 6.07) is 0. The number of carbonyl (C=O) groups excluding carboxylic acids is 1. The van der Waals surface area contributed by atoms with E-state index in [1.165, 1.54) is 0 Å². The lowest BCUT2D eigenvalue weighted by Crippen LogP contribution is -2.26. The van der Waals surface area contributed by atoms with Crippen molar-refractivity contribution in [3.05, 3.63) is 0 Å². The fraction of sp³-hybridized carbons (Fsp3) is 0.909. The summed E-state index contributed by atoms with van der Waals surface area (Å²) in [6.07, 6.45) is 0.923. The van der Waals surface area contributed by atoms with Crippen molar-refractivity contribution < 1.29 is 14.3 Å². The Morgan fingerprint density at radius 2 is 2.13 bits per heavy atom. The molecule has 4 nitrogen and oxygen atoms in total. The number of hydrogen-bond donors (Lipinski definition) is 1. The molecule has 0 atom stereocenters. The summed E-state index contributed by atoms with van der Waals surface area (Å²) < 4.78 is 10.2. The molecular weight excluding hydrogens is 194 g/mol. The lowest BCUT2D eigenvalue weighted by atomic mass is 10.2. The van der Waals surface area contributed by atoms with E-state index >= 15 is 0 Å². The molecular formula is C11H23NO3. The lowest BCUT2D eigenvalue weighted by Gasteiger charge is -2.07. The van der Waals surface area contributed by atoms with Gasteiger partial charge in [-0.1, -0.05) is 13.8 Å². The zero-order valence-corrected chi connectivity index (χ0v) is 10.0. The molecule has 0 aromatic rings. The summed E-state index contributed by atoms with van der Waals surface area (Å²) in [7, 11) is 0. The minimum absolute atomic E-state index is 0.194. The topological polar surface area (TPSA) is 47.6 Å². The van der Waals surface area contributed by atoms with Crippen LogP contribution in [0.2, 0.25) is 0 Å². The van der Waals surface area contributed by atoms with Crippen molar-refractivity contribution in [2.75, 3.05) is 32.9 Å². The van der Waals surface area contributed by atoms with E-state index in [2.05, 4.69) is 19.2 Å². The van der Waals surface area contributed by atoms with E-state index < -0.39 is 0 Å². The van der Waals surface area contributed by atoms with Crippen molar-refractivity contribution in [2.45, 2.75) is 27.2 Å². The van der Waals surface area contributed by atoms with E-state index in [-0.39, 0.29) is 12.5 Å². The van der Waals surface area contributed by atoms with Crippen molar-refractivity contribution in [1.29, 1.82) is 0 Å². The number of carbonyl (C=O) groups is 1. The highest BCUT2D eigenvalue weighted by molar-refractivity contribution is 5.71.